The SMILES string of the molecule is CC1Cc2ccccc2N1CCC(=O)Nc1cccc2cccnc12. The Hall–Kier alpha value is -2.88. The van der Waals surface area contributed by atoms with Crippen molar-refractivity contribution >= 4 is 28.2 Å². The number of nitrogens with zero attached hydrogens (tertiary/aromatic N) is 2. The number of nitrogens with one attached hydrogen (secondary N) is 1. The molecule has 1 aromatic heterocycles. The number of hydrogen-bond donors (Lipinski definition) is 1. The second-order valence-corrected chi connectivity index (χ2v) is 6.55. The molecule has 0 aliphatic carbocycles. The number of fused-ring (bicyclic) bond motifs is 2. The van der Waals surface area contributed by atoms with Gasteiger partial charge in [0.25, 0.3) is 0 Å². The minimum atomic E-state index is 0.0229. The summed E-state index contributed by atoms with van der Waals surface area (Å²) in [5.74, 6) is 0.0229. The fourth-order valence-corrected chi connectivity index (χ4v) is 3.61. The molecule has 1 atom stereocenters. The third kappa shape index (κ3) is 3.07. The van der Waals surface area contributed by atoms with Crippen molar-refractivity contribution in [2.75, 3.05) is 16.8 Å². The highest BCUT2D eigenvalue weighted by molar-refractivity contribution is 6.00. The number of rotatable bonds is 4. The summed E-state index contributed by atoms with van der Waals surface area (Å²) in [5.41, 5.74) is 4.24. The molecule has 1 unspecified atom stereocenters. The summed E-state index contributed by atoms with van der Waals surface area (Å²) in [4.78, 5) is 19.2. The quantitative estimate of drug-likeness (QED) is 0.785. The first-order valence-corrected chi connectivity index (χ1v) is 8.70. The number of pyridine rings is 1. The Morgan fingerprint density at radius 3 is 2.92 bits per heavy atom. The summed E-state index contributed by atoms with van der Waals surface area (Å²) in [7, 11) is 0. The topological polar surface area (TPSA) is 45.2 Å². The van der Waals surface area contributed by atoms with Gasteiger partial charge in [-0.2, -0.15) is 0 Å². The maximum absolute atomic E-state index is 12.5. The van der Waals surface area contributed by atoms with Gasteiger partial charge in [-0.1, -0.05) is 36.4 Å². The molecule has 1 aliphatic heterocycles. The zero-order valence-electron chi connectivity index (χ0n) is 14.3. The second kappa shape index (κ2) is 6.55. The van der Waals surface area contributed by atoms with E-state index in [2.05, 4.69) is 46.4 Å². The zero-order chi connectivity index (χ0) is 17.2. The molecule has 2 aromatic carbocycles. The van der Waals surface area contributed by atoms with E-state index in [0.29, 0.717) is 12.5 Å². The fourth-order valence-electron chi connectivity index (χ4n) is 3.61. The van der Waals surface area contributed by atoms with E-state index in [-0.39, 0.29) is 5.91 Å². The van der Waals surface area contributed by atoms with Crippen LogP contribution in [0, 0.1) is 0 Å². The van der Waals surface area contributed by atoms with Crippen LogP contribution in [0.3, 0.4) is 0 Å². The number of aromatic nitrogens is 1. The van der Waals surface area contributed by atoms with Gasteiger partial charge in [-0.25, -0.2) is 0 Å². The molecule has 0 saturated heterocycles. The van der Waals surface area contributed by atoms with Crippen molar-refractivity contribution in [2.24, 2.45) is 0 Å². The van der Waals surface area contributed by atoms with E-state index >= 15 is 0 Å². The molecule has 0 fully saturated rings. The molecule has 126 valence electrons. The lowest BCUT2D eigenvalue weighted by Crippen LogP contribution is -2.32. The Morgan fingerprint density at radius 2 is 2.00 bits per heavy atom. The normalized spacial score (nSPS) is 16.0. The van der Waals surface area contributed by atoms with E-state index < -0.39 is 0 Å². The first kappa shape index (κ1) is 15.6. The van der Waals surface area contributed by atoms with Gasteiger partial charge in [0.05, 0.1) is 11.2 Å². The summed E-state index contributed by atoms with van der Waals surface area (Å²) in [6.07, 6.45) is 3.26. The average Bonchev–Trinajstić information content (AvgIpc) is 2.95. The van der Waals surface area contributed by atoms with E-state index in [9.17, 15) is 4.79 Å². The first-order valence-electron chi connectivity index (χ1n) is 8.70. The van der Waals surface area contributed by atoms with Gasteiger partial charge in [-0.05, 0) is 37.1 Å². The van der Waals surface area contributed by atoms with Crippen molar-refractivity contribution in [1.82, 2.24) is 4.98 Å². The lowest BCUT2D eigenvalue weighted by atomic mass is 10.1. The van der Waals surface area contributed by atoms with Gasteiger partial charge in [0.15, 0.2) is 0 Å². The molecule has 1 aliphatic rings. The Labute approximate surface area is 147 Å². The van der Waals surface area contributed by atoms with E-state index in [4.69, 9.17) is 0 Å². The second-order valence-electron chi connectivity index (χ2n) is 6.55. The van der Waals surface area contributed by atoms with E-state index in [1.54, 1.807) is 6.20 Å². The molecular formula is C21H21N3O. The van der Waals surface area contributed by atoms with E-state index in [1.165, 1.54) is 11.3 Å². The molecule has 3 aromatic rings. The molecular weight excluding hydrogens is 310 g/mol. The lowest BCUT2D eigenvalue weighted by Gasteiger charge is -2.24. The van der Waals surface area contributed by atoms with Crippen molar-refractivity contribution in [3.63, 3.8) is 0 Å². The van der Waals surface area contributed by atoms with Crippen molar-refractivity contribution in [1.29, 1.82) is 0 Å². The van der Waals surface area contributed by atoms with Crippen LogP contribution >= 0.6 is 0 Å². The molecule has 0 bridgehead atoms. The minimum Gasteiger partial charge on any atom is -0.368 e. The van der Waals surface area contributed by atoms with Gasteiger partial charge in [0.2, 0.25) is 5.91 Å². The Kier molecular flexibility index (Phi) is 4.10. The van der Waals surface area contributed by atoms with Crippen molar-refractivity contribution in [2.45, 2.75) is 25.8 Å². The highest BCUT2D eigenvalue weighted by Crippen LogP contribution is 2.31. The molecule has 4 nitrogen and oxygen atoms in total. The van der Waals surface area contributed by atoms with Crippen LogP contribution in [0.4, 0.5) is 11.4 Å². The molecule has 0 radical (unpaired) electrons. The van der Waals surface area contributed by atoms with Gasteiger partial charge >= 0.3 is 0 Å². The number of hydrogen-bond acceptors (Lipinski definition) is 3. The number of carbonyl (C=O) groups is 1. The molecule has 1 amide bonds. The summed E-state index contributed by atoms with van der Waals surface area (Å²) in [6, 6.07) is 18.6. The lowest BCUT2D eigenvalue weighted by molar-refractivity contribution is -0.116. The third-order valence-corrected chi connectivity index (χ3v) is 4.84. The zero-order valence-corrected chi connectivity index (χ0v) is 14.3. The Morgan fingerprint density at radius 1 is 1.16 bits per heavy atom. The molecule has 25 heavy (non-hydrogen) atoms. The van der Waals surface area contributed by atoms with Crippen LogP contribution in [0.5, 0.6) is 0 Å². The Balaban J connectivity index is 1.45. The number of para-hydroxylation sites is 2. The minimum absolute atomic E-state index is 0.0229. The van der Waals surface area contributed by atoms with Crippen LogP contribution in [0.1, 0.15) is 18.9 Å². The van der Waals surface area contributed by atoms with Crippen molar-refractivity contribution in [3.05, 3.63) is 66.4 Å². The number of amides is 1. The summed E-state index contributed by atoms with van der Waals surface area (Å²) in [6.45, 7) is 2.94. The summed E-state index contributed by atoms with van der Waals surface area (Å²) >= 11 is 0. The predicted molar refractivity (Wildman–Crippen MR) is 102 cm³/mol. The van der Waals surface area contributed by atoms with Gasteiger partial charge in [0, 0.05) is 36.3 Å². The smallest absolute Gasteiger partial charge is 0.226 e. The molecule has 1 N–H and O–H groups in total. The van der Waals surface area contributed by atoms with Gasteiger partial charge < -0.3 is 10.2 Å². The van der Waals surface area contributed by atoms with Crippen LogP contribution in [0.2, 0.25) is 0 Å². The number of carbonyl (C=O) groups excluding carboxylic acids is 1. The monoisotopic (exact) mass is 331 g/mol. The van der Waals surface area contributed by atoms with Gasteiger partial charge in [-0.3, -0.25) is 9.78 Å². The molecule has 0 spiro atoms. The average molecular weight is 331 g/mol. The standard InChI is InChI=1S/C21H21N3O/c1-15-14-17-6-2-3-10-19(17)24(15)13-11-20(25)23-18-9-4-7-16-8-5-12-22-21(16)18/h2-10,12,15H,11,13-14H2,1H3,(H,23,25). The summed E-state index contributed by atoms with van der Waals surface area (Å²) in [5, 5.41) is 4.05. The molecule has 4 rings (SSSR count). The fraction of sp³-hybridized carbons (Fsp3) is 0.238. The van der Waals surface area contributed by atoms with Crippen LogP contribution in [0.15, 0.2) is 60.8 Å². The largest absolute Gasteiger partial charge is 0.368 e. The number of benzene rings is 2. The summed E-state index contributed by atoms with van der Waals surface area (Å²) < 4.78 is 0. The number of anilines is 2. The predicted octanol–water partition coefficient (Wildman–Crippen LogP) is 4.01. The van der Waals surface area contributed by atoms with Crippen LogP contribution < -0.4 is 10.2 Å². The molecule has 0 saturated carbocycles. The van der Waals surface area contributed by atoms with E-state index in [0.717, 1.165) is 29.6 Å². The maximum Gasteiger partial charge on any atom is 0.226 e. The van der Waals surface area contributed by atoms with Crippen LogP contribution in [-0.4, -0.2) is 23.5 Å². The maximum atomic E-state index is 12.5. The van der Waals surface area contributed by atoms with Gasteiger partial charge in [0.1, 0.15) is 0 Å². The first-order chi connectivity index (χ1) is 12.2. The molecule has 4 heteroatoms. The van der Waals surface area contributed by atoms with E-state index in [1.807, 2.05) is 30.3 Å². The van der Waals surface area contributed by atoms with Crippen molar-refractivity contribution in [3.8, 4) is 0 Å². The van der Waals surface area contributed by atoms with Crippen LogP contribution in [-0.2, 0) is 11.2 Å². The van der Waals surface area contributed by atoms with Crippen LogP contribution in [0.25, 0.3) is 10.9 Å². The molecule has 2 heterocycles. The highest BCUT2D eigenvalue weighted by atomic mass is 16.1. The van der Waals surface area contributed by atoms with Gasteiger partial charge in [-0.15, -0.1) is 0 Å². The highest BCUT2D eigenvalue weighted by Gasteiger charge is 2.25. The third-order valence-electron chi connectivity index (χ3n) is 4.84. The van der Waals surface area contributed by atoms with Crippen molar-refractivity contribution < 1.29 is 4.79 Å². The Bertz CT molecular complexity index is 916.